The molecular formula is C22H34N4O4. The number of methoxy groups -OCH3 is 1. The van der Waals surface area contributed by atoms with Crippen molar-refractivity contribution in [3.8, 4) is 0 Å². The third kappa shape index (κ3) is 6.68. The van der Waals surface area contributed by atoms with E-state index < -0.39 is 0 Å². The zero-order chi connectivity index (χ0) is 21.5. The largest absolute Gasteiger partial charge is 0.375 e. The van der Waals surface area contributed by atoms with Gasteiger partial charge in [-0.15, -0.1) is 0 Å². The highest BCUT2D eigenvalue weighted by Crippen LogP contribution is 2.22. The van der Waals surface area contributed by atoms with Crippen LogP contribution in [0.25, 0.3) is 0 Å². The topological polar surface area (TPSA) is 83.1 Å². The van der Waals surface area contributed by atoms with Gasteiger partial charge < -0.3 is 25.0 Å². The molecule has 8 heteroatoms. The maximum absolute atomic E-state index is 12.6. The maximum Gasteiger partial charge on any atom is 0.321 e. The van der Waals surface area contributed by atoms with E-state index in [9.17, 15) is 9.59 Å². The third-order valence-electron chi connectivity index (χ3n) is 5.61. The first-order chi connectivity index (χ1) is 14.4. The molecular weight excluding hydrogens is 384 g/mol. The average Bonchev–Trinajstić information content (AvgIpc) is 2.69. The molecule has 2 unspecified atom stereocenters. The van der Waals surface area contributed by atoms with Crippen LogP contribution in [0.2, 0.25) is 0 Å². The van der Waals surface area contributed by atoms with Crippen molar-refractivity contribution in [3.05, 3.63) is 24.3 Å². The molecule has 0 aromatic heterocycles. The minimum atomic E-state index is -0.210. The second kappa shape index (κ2) is 10.7. The predicted molar refractivity (Wildman–Crippen MR) is 117 cm³/mol. The Bertz CT molecular complexity index is 694. The van der Waals surface area contributed by atoms with E-state index in [-0.39, 0.29) is 18.5 Å². The summed E-state index contributed by atoms with van der Waals surface area (Å²) in [5.41, 5.74) is 1.38. The van der Waals surface area contributed by atoms with Gasteiger partial charge in [-0.1, -0.05) is 0 Å². The second-order valence-electron chi connectivity index (χ2n) is 8.39. The van der Waals surface area contributed by atoms with Gasteiger partial charge in [-0.25, -0.2) is 4.79 Å². The summed E-state index contributed by atoms with van der Waals surface area (Å²) in [5.74, 6) is 0.416. The Labute approximate surface area is 178 Å². The van der Waals surface area contributed by atoms with Gasteiger partial charge >= 0.3 is 6.03 Å². The van der Waals surface area contributed by atoms with Crippen LogP contribution >= 0.6 is 0 Å². The van der Waals surface area contributed by atoms with Crippen molar-refractivity contribution < 1.29 is 19.1 Å². The van der Waals surface area contributed by atoms with Crippen molar-refractivity contribution in [1.82, 2.24) is 9.80 Å². The number of morpholine rings is 1. The molecule has 2 aliphatic rings. The summed E-state index contributed by atoms with van der Waals surface area (Å²) in [7, 11) is 1.48. The summed E-state index contributed by atoms with van der Waals surface area (Å²) in [4.78, 5) is 28.5. The highest BCUT2D eigenvalue weighted by molar-refractivity contribution is 5.93. The number of nitrogens with one attached hydrogen (secondary N) is 2. The molecule has 2 fully saturated rings. The van der Waals surface area contributed by atoms with Crippen LogP contribution in [0, 0.1) is 5.92 Å². The molecule has 3 rings (SSSR count). The second-order valence-corrected chi connectivity index (χ2v) is 8.39. The van der Waals surface area contributed by atoms with Crippen LogP contribution in [-0.2, 0) is 14.3 Å². The van der Waals surface area contributed by atoms with Gasteiger partial charge in [-0.2, -0.15) is 0 Å². The Morgan fingerprint density at radius 2 is 1.60 bits per heavy atom. The molecule has 2 aliphatic heterocycles. The number of likely N-dealkylation sites (tertiary alicyclic amines) is 1. The van der Waals surface area contributed by atoms with E-state index in [1.54, 1.807) is 24.3 Å². The first-order valence-corrected chi connectivity index (χ1v) is 10.8. The number of rotatable bonds is 6. The number of ether oxygens (including phenoxy) is 2. The summed E-state index contributed by atoms with van der Waals surface area (Å²) in [6, 6.07) is 7.03. The lowest BCUT2D eigenvalue weighted by Crippen LogP contribution is -2.49. The fourth-order valence-corrected chi connectivity index (χ4v) is 4.28. The van der Waals surface area contributed by atoms with E-state index >= 15 is 0 Å². The minimum absolute atomic E-state index is 0.0119. The third-order valence-corrected chi connectivity index (χ3v) is 5.61. The fraction of sp³-hybridized carbons (Fsp3) is 0.636. The number of hydrogen-bond acceptors (Lipinski definition) is 5. The van der Waals surface area contributed by atoms with Gasteiger partial charge in [0, 0.05) is 51.2 Å². The van der Waals surface area contributed by atoms with Gasteiger partial charge in [0.1, 0.15) is 6.61 Å². The summed E-state index contributed by atoms with van der Waals surface area (Å²) < 4.78 is 10.6. The van der Waals surface area contributed by atoms with Crippen molar-refractivity contribution in [2.75, 3.05) is 57.1 Å². The Kier molecular flexibility index (Phi) is 8.07. The molecule has 0 saturated carbocycles. The number of hydrogen-bond donors (Lipinski definition) is 2. The van der Waals surface area contributed by atoms with Crippen LogP contribution in [0.3, 0.4) is 0 Å². The number of urea groups is 1. The van der Waals surface area contributed by atoms with Gasteiger partial charge in [0.05, 0.1) is 12.2 Å². The SMILES string of the molecule is COCC(=O)Nc1ccc(NC(=O)N2CCC(CN3CC(C)OC(C)C3)CC2)cc1. The molecule has 0 radical (unpaired) electrons. The highest BCUT2D eigenvalue weighted by atomic mass is 16.5. The van der Waals surface area contributed by atoms with Crippen LogP contribution < -0.4 is 10.6 Å². The lowest BCUT2D eigenvalue weighted by atomic mass is 9.96. The molecule has 2 atom stereocenters. The number of piperidine rings is 1. The number of amides is 3. The summed E-state index contributed by atoms with van der Waals surface area (Å²) in [6.07, 6.45) is 2.63. The van der Waals surface area contributed by atoms with Crippen molar-refractivity contribution in [2.45, 2.75) is 38.9 Å². The lowest BCUT2D eigenvalue weighted by Gasteiger charge is -2.39. The van der Waals surface area contributed by atoms with Crippen LogP contribution in [0.5, 0.6) is 0 Å². The fourth-order valence-electron chi connectivity index (χ4n) is 4.28. The van der Waals surface area contributed by atoms with Gasteiger partial charge in [0.25, 0.3) is 0 Å². The van der Waals surface area contributed by atoms with Crippen LogP contribution in [0.15, 0.2) is 24.3 Å². The van der Waals surface area contributed by atoms with Crippen LogP contribution in [0.4, 0.5) is 16.2 Å². The molecule has 30 heavy (non-hydrogen) atoms. The summed E-state index contributed by atoms with van der Waals surface area (Å²) >= 11 is 0. The van der Waals surface area contributed by atoms with Crippen molar-refractivity contribution >= 4 is 23.3 Å². The lowest BCUT2D eigenvalue weighted by molar-refractivity contribution is -0.119. The molecule has 3 amide bonds. The maximum atomic E-state index is 12.6. The molecule has 1 aromatic carbocycles. The van der Waals surface area contributed by atoms with E-state index in [0.717, 1.165) is 45.6 Å². The normalized spacial score (nSPS) is 23.2. The number of carbonyl (C=O) groups excluding carboxylic acids is 2. The summed E-state index contributed by atoms with van der Waals surface area (Å²) in [6.45, 7) is 8.90. The molecule has 0 aliphatic carbocycles. The van der Waals surface area contributed by atoms with Gasteiger partial charge in [0.15, 0.2) is 0 Å². The zero-order valence-electron chi connectivity index (χ0n) is 18.2. The number of benzene rings is 1. The Hall–Kier alpha value is -2.16. The number of carbonyl (C=O) groups is 2. The quantitative estimate of drug-likeness (QED) is 0.742. The van der Waals surface area contributed by atoms with Crippen molar-refractivity contribution in [3.63, 3.8) is 0 Å². The Balaban J connectivity index is 1.41. The standard InChI is InChI=1S/C22H34N4O4/c1-16-12-25(13-17(2)30-16)14-18-8-10-26(11-9-18)22(28)24-20-6-4-19(5-7-20)23-21(27)15-29-3/h4-7,16-18H,8-15H2,1-3H3,(H,23,27)(H,24,28). The van der Waals surface area contributed by atoms with Gasteiger partial charge in [-0.3, -0.25) is 9.69 Å². The molecule has 8 nitrogen and oxygen atoms in total. The Morgan fingerprint density at radius 3 is 2.17 bits per heavy atom. The average molecular weight is 419 g/mol. The van der Waals surface area contributed by atoms with Crippen LogP contribution in [-0.4, -0.2) is 80.4 Å². The highest BCUT2D eigenvalue weighted by Gasteiger charge is 2.28. The van der Waals surface area contributed by atoms with Crippen molar-refractivity contribution in [1.29, 1.82) is 0 Å². The number of anilines is 2. The molecule has 0 spiro atoms. The minimum Gasteiger partial charge on any atom is -0.375 e. The van der Waals surface area contributed by atoms with Crippen LogP contribution in [0.1, 0.15) is 26.7 Å². The Morgan fingerprint density at radius 1 is 1.03 bits per heavy atom. The molecule has 1 aromatic rings. The molecule has 2 saturated heterocycles. The van der Waals surface area contributed by atoms with Crippen molar-refractivity contribution in [2.24, 2.45) is 5.92 Å². The van der Waals surface area contributed by atoms with E-state index in [0.29, 0.717) is 29.5 Å². The monoisotopic (exact) mass is 418 g/mol. The van der Waals surface area contributed by atoms with Gasteiger partial charge in [0.2, 0.25) is 5.91 Å². The zero-order valence-corrected chi connectivity index (χ0v) is 18.2. The van der Waals surface area contributed by atoms with E-state index in [1.807, 2.05) is 4.90 Å². The summed E-state index contributed by atoms with van der Waals surface area (Å²) in [5, 5.41) is 5.68. The first kappa shape index (κ1) is 22.5. The molecule has 2 heterocycles. The number of nitrogens with zero attached hydrogens (tertiary/aromatic N) is 2. The van der Waals surface area contributed by atoms with E-state index in [4.69, 9.17) is 9.47 Å². The predicted octanol–water partition coefficient (Wildman–Crippen LogP) is 2.62. The van der Waals surface area contributed by atoms with E-state index in [1.165, 1.54) is 7.11 Å². The molecule has 2 N–H and O–H groups in total. The smallest absolute Gasteiger partial charge is 0.321 e. The first-order valence-electron chi connectivity index (χ1n) is 10.8. The van der Waals surface area contributed by atoms with E-state index in [2.05, 4.69) is 29.4 Å². The molecule has 166 valence electrons. The molecule has 0 bridgehead atoms. The van der Waals surface area contributed by atoms with Gasteiger partial charge in [-0.05, 0) is 56.9 Å².